The molecule has 0 aliphatic heterocycles. The molecule has 0 unspecified atom stereocenters. The third kappa shape index (κ3) is 4.70. The fraction of sp³-hybridized carbons (Fsp3) is 0.273. The first-order valence-electron chi connectivity index (χ1n) is 9.09. The average molecular weight is 397 g/mol. The molecule has 1 N–H and O–H groups in total. The number of Topliss-reactive ketones (excluding diaryl/α,β-unsaturated/α-hetero) is 1. The molecule has 0 atom stereocenters. The van der Waals surface area contributed by atoms with Crippen LogP contribution in [0.4, 0.5) is 0 Å². The molecule has 0 aliphatic carbocycles. The van der Waals surface area contributed by atoms with Gasteiger partial charge in [-0.05, 0) is 47.0 Å². The van der Waals surface area contributed by atoms with Crippen LogP contribution in [0.15, 0.2) is 47.8 Å². The minimum Gasteiger partial charge on any atom is -0.493 e. The van der Waals surface area contributed by atoms with Crippen LogP contribution in [0, 0.1) is 0 Å². The van der Waals surface area contributed by atoms with Crippen molar-refractivity contribution >= 4 is 33.1 Å². The SMILES string of the molecule is COc1ccc(C(=O)CCC(=O)NCCc2csc3ccccc23)cc1OC. The lowest BCUT2D eigenvalue weighted by atomic mass is 10.1. The highest BCUT2D eigenvalue weighted by Gasteiger charge is 2.13. The summed E-state index contributed by atoms with van der Waals surface area (Å²) in [6.45, 7) is 0.560. The van der Waals surface area contributed by atoms with E-state index < -0.39 is 0 Å². The number of hydrogen-bond acceptors (Lipinski definition) is 5. The molecule has 5 nitrogen and oxygen atoms in total. The summed E-state index contributed by atoms with van der Waals surface area (Å²) >= 11 is 1.71. The molecular weight excluding hydrogens is 374 g/mol. The summed E-state index contributed by atoms with van der Waals surface area (Å²) in [6, 6.07) is 13.3. The van der Waals surface area contributed by atoms with Gasteiger partial charge in [0, 0.05) is 29.6 Å². The normalized spacial score (nSPS) is 10.6. The maximum Gasteiger partial charge on any atom is 0.220 e. The summed E-state index contributed by atoms with van der Waals surface area (Å²) < 4.78 is 11.6. The number of rotatable bonds is 9. The van der Waals surface area contributed by atoms with Crippen LogP contribution < -0.4 is 14.8 Å². The summed E-state index contributed by atoms with van der Waals surface area (Å²) in [5, 5.41) is 6.28. The largest absolute Gasteiger partial charge is 0.493 e. The molecule has 1 aromatic heterocycles. The predicted octanol–water partition coefficient (Wildman–Crippen LogP) is 4.24. The van der Waals surface area contributed by atoms with Crippen molar-refractivity contribution in [3.63, 3.8) is 0 Å². The summed E-state index contributed by atoms with van der Waals surface area (Å²) in [4.78, 5) is 24.4. The van der Waals surface area contributed by atoms with Gasteiger partial charge in [0.1, 0.15) is 0 Å². The second kappa shape index (κ2) is 9.37. The first-order chi connectivity index (χ1) is 13.6. The molecule has 0 bridgehead atoms. The Hall–Kier alpha value is -2.86. The maximum atomic E-state index is 12.3. The van der Waals surface area contributed by atoms with E-state index in [9.17, 15) is 9.59 Å². The van der Waals surface area contributed by atoms with Crippen molar-refractivity contribution in [1.29, 1.82) is 0 Å². The van der Waals surface area contributed by atoms with E-state index in [-0.39, 0.29) is 24.5 Å². The van der Waals surface area contributed by atoms with Crippen LogP contribution in [-0.2, 0) is 11.2 Å². The van der Waals surface area contributed by atoms with E-state index in [1.807, 2.05) is 12.1 Å². The molecule has 146 valence electrons. The van der Waals surface area contributed by atoms with Gasteiger partial charge in [0.15, 0.2) is 17.3 Å². The van der Waals surface area contributed by atoms with Crippen molar-refractivity contribution < 1.29 is 19.1 Å². The Morgan fingerprint density at radius 1 is 1.00 bits per heavy atom. The Morgan fingerprint density at radius 3 is 2.57 bits per heavy atom. The van der Waals surface area contributed by atoms with E-state index in [1.165, 1.54) is 22.8 Å². The van der Waals surface area contributed by atoms with E-state index in [4.69, 9.17) is 9.47 Å². The quantitative estimate of drug-likeness (QED) is 0.549. The number of carbonyl (C=O) groups is 2. The van der Waals surface area contributed by atoms with Crippen LogP contribution in [0.3, 0.4) is 0 Å². The van der Waals surface area contributed by atoms with Crippen LogP contribution in [0.5, 0.6) is 11.5 Å². The summed E-state index contributed by atoms with van der Waals surface area (Å²) in [6.07, 6.45) is 1.10. The van der Waals surface area contributed by atoms with Crippen molar-refractivity contribution in [1.82, 2.24) is 5.32 Å². The van der Waals surface area contributed by atoms with E-state index >= 15 is 0 Å². The predicted molar refractivity (Wildman–Crippen MR) is 112 cm³/mol. The molecule has 0 spiro atoms. The molecule has 0 saturated heterocycles. The Kier molecular flexibility index (Phi) is 6.66. The van der Waals surface area contributed by atoms with Crippen molar-refractivity contribution in [2.75, 3.05) is 20.8 Å². The number of thiophene rings is 1. The van der Waals surface area contributed by atoms with Crippen LogP contribution in [0.1, 0.15) is 28.8 Å². The highest BCUT2D eigenvalue weighted by Crippen LogP contribution is 2.28. The van der Waals surface area contributed by atoms with Crippen LogP contribution in [0.25, 0.3) is 10.1 Å². The van der Waals surface area contributed by atoms with Gasteiger partial charge in [0.05, 0.1) is 14.2 Å². The number of amides is 1. The molecular formula is C22H23NO4S. The Balaban J connectivity index is 1.47. The van der Waals surface area contributed by atoms with E-state index in [0.29, 0.717) is 23.6 Å². The molecule has 2 aromatic carbocycles. The van der Waals surface area contributed by atoms with Gasteiger partial charge < -0.3 is 14.8 Å². The van der Waals surface area contributed by atoms with Crippen molar-refractivity contribution in [3.8, 4) is 11.5 Å². The highest BCUT2D eigenvalue weighted by molar-refractivity contribution is 7.17. The number of ether oxygens (including phenoxy) is 2. The second-order valence-corrected chi connectivity index (χ2v) is 7.26. The third-order valence-electron chi connectivity index (χ3n) is 4.56. The Morgan fingerprint density at radius 2 is 1.79 bits per heavy atom. The summed E-state index contributed by atoms with van der Waals surface area (Å²) in [5.74, 6) is 0.854. The van der Waals surface area contributed by atoms with Gasteiger partial charge in [0.2, 0.25) is 5.91 Å². The third-order valence-corrected chi connectivity index (χ3v) is 5.57. The monoisotopic (exact) mass is 397 g/mol. The molecule has 0 fully saturated rings. The molecule has 3 aromatic rings. The van der Waals surface area contributed by atoms with Crippen molar-refractivity contribution in [2.45, 2.75) is 19.3 Å². The minimum atomic E-state index is -0.117. The fourth-order valence-corrected chi connectivity index (χ4v) is 4.03. The lowest BCUT2D eigenvalue weighted by molar-refractivity contribution is -0.121. The molecule has 28 heavy (non-hydrogen) atoms. The minimum absolute atomic E-state index is 0.0973. The lowest BCUT2D eigenvalue weighted by Crippen LogP contribution is -2.26. The Labute approximate surface area is 168 Å². The number of methoxy groups -OCH3 is 2. The van der Waals surface area contributed by atoms with Crippen molar-refractivity contribution in [2.24, 2.45) is 0 Å². The van der Waals surface area contributed by atoms with Gasteiger partial charge in [-0.25, -0.2) is 0 Å². The number of carbonyl (C=O) groups excluding carboxylic acids is 2. The molecule has 3 rings (SSSR count). The standard InChI is InChI=1S/C22H23NO4S/c1-26-19-9-7-15(13-20(19)27-2)18(24)8-10-22(25)23-12-11-16-14-28-21-6-4-3-5-17(16)21/h3-7,9,13-14H,8,10-12H2,1-2H3,(H,23,25). The van der Waals surface area contributed by atoms with Gasteiger partial charge >= 0.3 is 0 Å². The molecule has 1 amide bonds. The molecule has 0 radical (unpaired) electrons. The van der Waals surface area contributed by atoms with Crippen molar-refractivity contribution in [3.05, 3.63) is 59.0 Å². The number of hydrogen-bond donors (Lipinski definition) is 1. The zero-order valence-electron chi connectivity index (χ0n) is 16.0. The Bertz CT molecular complexity index is 980. The van der Waals surface area contributed by atoms with E-state index in [1.54, 1.807) is 36.6 Å². The number of nitrogens with one attached hydrogen (secondary N) is 1. The first-order valence-corrected chi connectivity index (χ1v) is 9.97. The zero-order chi connectivity index (χ0) is 19.9. The topological polar surface area (TPSA) is 64.6 Å². The highest BCUT2D eigenvalue weighted by atomic mass is 32.1. The van der Waals surface area contributed by atoms with Gasteiger partial charge in [0.25, 0.3) is 0 Å². The van der Waals surface area contributed by atoms with E-state index in [0.717, 1.165) is 6.42 Å². The maximum absolute atomic E-state index is 12.3. The lowest BCUT2D eigenvalue weighted by Gasteiger charge is -2.09. The molecule has 0 saturated carbocycles. The summed E-state index contributed by atoms with van der Waals surface area (Å²) in [7, 11) is 3.07. The van der Waals surface area contributed by atoms with Gasteiger partial charge in [-0.3, -0.25) is 9.59 Å². The number of fused-ring (bicyclic) bond motifs is 1. The van der Waals surface area contributed by atoms with Gasteiger partial charge in [-0.15, -0.1) is 11.3 Å². The molecule has 0 aliphatic rings. The first kappa shape index (κ1) is 19.9. The van der Waals surface area contributed by atoms with Crippen LogP contribution in [0.2, 0.25) is 0 Å². The summed E-state index contributed by atoms with van der Waals surface area (Å²) in [5.41, 5.74) is 1.75. The number of ketones is 1. The molecule has 6 heteroatoms. The van der Waals surface area contributed by atoms with Crippen LogP contribution in [-0.4, -0.2) is 32.5 Å². The van der Waals surface area contributed by atoms with Gasteiger partial charge in [-0.1, -0.05) is 18.2 Å². The molecule has 1 heterocycles. The van der Waals surface area contributed by atoms with Crippen LogP contribution >= 0.6 is 11.3 Å². The fourth-order valence-electron chi connectivity index (χ4n) is 3.03. The average Bonchev–Trinajstić information content (AvgIpc) is 3.14. The second-order valence-electron chi connectivity index (χ2n) is 6.35. The van der Waals surface area contributed by atoms with E-state index in [2.05, 4.69) is 22.8 Å². The smallest absolute Gasteiger partial charge is 0.220 e. The number of benzene rings is 2. The zero-order valence-corrected chi connectivity index (χ0v) is 16.8. The van der Waals surface area contributed by atoms with Gasteiger partial charge in [-0.2, -0.15) is 0 Å².